The zero-order valence-corrected chi connectivity index (χ0v) is 9.21. The summed E-state index contributed by atoms with van der Waals surface area (Å²) in [6.45, 7) is 8.11. The Morgan fingerprint density at radius 2 is 2.00 bits per heavy atom. The second-order valence-corrected chi connectivity index (χ2v) is 4.79. The highest BCUT2D eigenvalue weighted by molar-refractivity contribution is 4.83. The molecule has 2 heterocycles. The van der Waals surface area contributed by atoms with Crippen LogP contribution >= 0.6 is 0 Å². The van der Waals surface area contributed by atoms with Crippen molar-refractivity contribution >= 4 is 0 Å². The largest absolute Gasteiger partial charge is 0.350 e. The van der Waals surface area contributed by atoms with Crippen LogP contribution in [0, 0.1) is 11.8 Å². The van der Waals surface area contributed by atoms with Gasteiger partial charge >= 0.3 is 0 Å². The molecule has 2 fully saturated rings. The standard InChI is InChI=1S/C11H21NO2/c1-9-7-13-11(2,14-8-9)10-4-3-5-12-6-10/h9-10,12H,3-8H2,1-2H3. The second-order valence-electron chi connectivity index (χ2n) is 4.79. The lowest BCUT2D eigenvalue weighted by Crippen LogP contribution is -2.51. The van der Waals surface area contributed by atoms with E-state index in [0.29, 0.717) is 11.8 Å². The topological polar surface area (TPSA) is 30.5 Å². The molecule has 2 rings (SSSR count). The quantitative estimate of drug-likeness (QED) is 0.692. The average molecular weight is 199 g/mol. The highest BCUT2D eigenvalue weighted by Gasteiger charge is 2.39. The van der Waals surface area contributed by atoms with Crippen molar-refractivity contribution in [1.82, 2.24) is 5.32 Å². The van der Waals surface area contributed by atoms with Gasteiger partial charge in [-0.15, -0.1) is 0 Å². The van der Waals surface area contributed by atoms with Crippen LogP contribution in [0.1, 0.15) is 26.7 Å². The Hall–Kier alpha value is -0.120. The summed E-state index contributed by atoms with van der Waals surface area (Å²) >= 11 is 0. The van der Waals surface area contributed by atoms with E-state index in [1.54, 1.807) is 0 Å². The summed E-state index contributed by atoms with van der Waals surface area (Å²) < 4.78 is 11.7. The van der Waals surface area contributed by atoms with Crippen molar-refractivity contribution in [3.8, 4) is 0 Å². The number of rotatable bonds is 1. The van der Waals surface area contributed by atoms with Crippen LogP contribution in [0.25, 0.3) is 0 Å². The van der Waals surface area contributed by atoms with Crippen molar-refractivity contribution in [2.75, 3.05) is 26.3 Å². The van der Waals surface area contributed by atoms with E-state index < -0.39 is 0 Å². The van der Waals surface area contributed by atoms with Gasteiger partial charge in [-0.1, -0.05) is 6.92 Å². The third-order valence-electron chi connectivity index (χ3n) is 3.35. The van der Waals surface area contributed by atoms with Gasteiger partial charge in [0.1, 0.15) is 0 Å². The molecule has 2 aliphatic heterocycles. The SMILES string of the molecule is CC1COC(C)(C2CCCNC2)OC1. The molecule has 0 saturated carbocycles. The molecule has 1 unspecified atom stereocenters. The predicted molar refractivity (Wildman–Crippen MR) is 55.1 cm³/mol. The summed E-state index contributed by atoms with van der Waals surface area (Å²) in [5.41, 5.74) is 0. The van der Waals surface area contributed by atoms with Gasteiger partial charge in [0.15, 0.2) is 5.79 Å². The van der Waals surface area contributed by atoms with Gasteiger partial charge in [0.05, 0.1) is 13.2 Å². The summed E-state index contributed by atoms with van der Waals surface area (Å²) in [7, 11) is 0. The zero-order chi connectivity index (χ0) is 10.0. The molecule has 0 amide bonds. The molecule has 0 aromatic heterocycles. The van der Waals surface area contributed by atoms with Crippen molar-refractivity contribution < 1.29 is 9.47 Å². The molecule has 14 heavy (non-hydrogen) atoms. The minimum Gasteiger partial charge on any atom is -0.350 e. The fourth-order valence-corrected chi connectivity index (χ4v) is 2.24. The summed E-state index contributed by atoms with van der Waals surface area (Å²) in [5.74, 6) is 0.725. The summed E-state index contributed by atoms with van der Waals surface area (Å²) in [5, 5.41) is 3.41. The van der Waals surface area contributed by atoms with Gasteiger partial charge in [-0.05, 0) is 26.3 Å². The Morgan fingerprint density at radius 3 is 2.57 bits per heavy atom. The Balaban J connectivity index is 1.93. The molecule has 82 valence electrons. The third-order valence-corrected chi connectivity index (χ3v) is 3.35. The van der Waals surface area contributed by atoms with Crippen LogP contribution in [0.4, 0.5) is 0 Å². The van der Waals surface area contributed by atoms with Gasteiger partial charge < -0.3 is 14.8 Å². The van der Waals surface area contributed by atoms with E-state index in [4.69, 9.17) is 9.47 Å². The molecule has 0 aliphatic carbocycles. The van der Waals surface area contributed by atoms with Crippen LogP contribution in [0.15, 0.2) is 0 Å². The molecule has 0 radical (unpaired) electrons. The van der Waals surface area contributed by atoms with E-state index in [-0.39, 0.29) is 5.79 Å². The smallest absolute Gasteiger partial charge is 0.169 e. The molecule has 1 N–H and O–H groups in total. The Labute approximate surface area is 86.2 Å². The average Bonchev–Trinajstić information content (AvgIpc) is 2.24. The molecular formula is C11H21NO2. The second kappa shape index (κ2) is 4.17. The fraction of sp³-hybridized carbons (Fsp3) is 1.00. The van der Waals surface area contributed by atoms with Crippen molar-refractivity contribution in [2.45, 2.75) is 32.5 Å². The summed E-state index contributed by atoms with van der Waals surface area (Å²) in [6.07, 6.45) is 2.46. The first-order chi connectivity index (χ1) is 6.71. The van der Waals surface area contributed by atoms with E-state index in [0.717, 1.165) is 26.3 Å². The minimum atomic E-state index is -0.333. The van der Waals surface area contributed by atoms with Crippen molar-refractivity contribution in [3.05, 3.63) is 0 Å². The monoisotopic (exact) mass is 199 g/mol. The van der Waals surface area contributed by atoms with Crippen LogP contribution in [0.3, 0.4) is 0 Å². The van der Waals surface area contributed by atoms with Crippen LogP contribution in [-0.2, 0) is 9.47 Å². The number of hydrogen-bond acceptors (Lipinski definition) is 3. The molecular weight excluding hydrogens is 178 g/mol. The maximum atomic E-state index is 5.85. The number of ether oxygens (including phenoxy) is 2. The minimum absolute atomic E-state index is 0.333. The number of nitrogens with one attached hydrogen (secondary N) is 1. The molecule has 0 spiro atoms. The maximum Gasteiger partial charge on any atom is 0.169 e. The van der Waals surface area contributed by atoms with Crippen LogP contribution in [-0.4, -0.2) is 32.1 Å². The molecule has 0 aromatic carbocycles. The lowest BCUT2D eigenvalue weighted by molar-refractivity contribution is -0.297. The van der Waals surface area contributed by atoms with Gasteiger partial charge in [-0.25, -0.2) is 0 Å². The highest BCUT2D eigenvalue weighted by Crippen LogP contribution is 2.32. The van der Waals surface area contributed by atoms with Crippen molar-refractivity contribution in [1.29, 1.82) is 0 Å². The van der Waals surface area contributed by atoms with Crippen molar-refractivity contribution in [2.24, 2.45) is 11.8 Å². The van der Waals surface area contributed by atoms with Gasteiger partial charge in [0, 0.05) is 18.4 Å². The third kappa shape index (κ3) is 2.10. The molecule has 2 saturated heterocycles. The fourth-order valence-electron chi connectivity index (χ4n) is 2.24. The van der Waals surface area contributed by atoms with E-state index in [2.05, 4.69) is 19.2 Å². The van der Waals surface area contributed by atoms with E-state index in [1.807, 2.05) is 0 Å². The van der Waals surface area contributed by atoms with Gasteiger partial charge in [0.25, 0.3) is 0 Å². The molecule has 0 aromatic rings. The number of hydrogen-bond donors (Lipinski definition) is 1. The Bertz CT molecular complexity index is 182. The first-order valence-corrected chi connectivity index (χ1v) is 5.69. The van der Waals surface area contributed by atoms with E-state index in [9.17, 15) is 0 Å². The van der Waals surface area contributed by atoms with Gasteiger partial charge in [-0.3, -0.25) is 0 Å². The number of piperidine rings is 1. The molecule has 1 atom stereocenters. The van der Waals surface area contributed by atoms with Crippen LogP contribution < -0.4 is 5.32 Å². The highest BCUT2D eigenvalue weighted by atomic mass is 16.7. The lowest BCUT2D eigenvalue weighted by atomic mass is 9.90. The van der Waals surface area contributed by atoms with E-state index in [1.165, 1.54) is 12.8 Å². The maximum absolute atomic E-state index is 5.85. The summed E-state index contributed by atoms with van der Waals surface area (Å²) in [6, 6.07) is 0. The summed E-state index contributed by atoms with van der Waals surface area (Å²) in [4.78, 5) is 0. The normalized spacial score (nSPS) is 45.0. The molecule has 3 nitrogen and oxygen atoms in total. The first kappa shape index (κ1) is 10.4. The Kier molecular flexibility index (Phi) is 3.10. The van der Waals surface area contributed by atoms with Gasteiger partial charge in [0.2, 0.25) is 0 Å². The molecule has 0 bridgehead atoms. The Morgan fingerprint density at radius 1 is 1.29 bits per heavy atom. The lowest BCUT2D eigenvalue weighted by Gasteiger charge is -2.43. The van der Waals surface area contributed by atoms with Crippen molar-refractivity contribution in [3.63, 3.8) is 0 Å². The predicted octanol–water partition coefficient (Wildman–Crippen LogP) is 1.39. The van der Waals surface area contributed by atoms with Gasteiger partial charge in [-0.2, -0.15) is 0 Å². The molecule has 3 heteroatoms. The molecule has 2 aliphatic rings. The zero-order valence-electron chi connectivity index (χ0n) is 9.21. The van der Waals surface area contributed by atoms with Crippen LogP contribution in [0.5, 0.6) is 0 Å². The van der Waals surface area contributed by atoms with Crippen LogP contribution in [0.2, 0.25) is 0 Å². The van der Waals surface area contributed by atoms with E-state index >= 15 is 0 Å². The first-order valence-electron chi connectivity index (χ1n) is 5.69.